The Morgan fingerprint density at radius 2 is 2.00 bits per heavy atom. The first-order chi connectivity index (χ1) is 11.8. The van der Waals surface area contributed by atoms with Gasteiger partial charge in [0.05, 0.1) is 17.4 Å². The first kappa shape index (κ1) is 17.8. The van der Waals surface area contributed by atoms with Crippen LogP contribution >= 0.6 is 0 Å². The highest BCUT2D eigenvalue weighted by atomic mass is 19.4. The SMILES string of the molecule is O[C@@H]1CN(Cc2cccc(F)c2C(F)(F)F)C[C@H]1Cc1cnccn1. The number of hydrogen-bond acceptors (Lipinski definition) is 4. The molecule has 3 rings (SSSR count). The summed E-state index contributed by atoms with van der Waals surface area (Å²) in [4.78, 5) is 9.82. The quantitative estimate of drug-likeness (QED) is 0.857. The molecule has 1 aliphatic heterocycles. The van der Waals surface area contributed by atoms with E-state index in [9.17, 15) is 22.7 Å². The van der Waals surface area contributed by atoms with Crippen LogP contribution in [0.15, 0.2) is 36.8 Å². The van der Waals surface area contributed by atoms with Crippen LogP contribution in [0.5, 0.6) is 0 Å². The lowest BCUT2D eigenvalue weighted by Crippen LogP contribution is -2.24. The number of hydrogen-bond donors (Lipinski definition) is 1. The fourth-order valence-corrected chi connectivity index (χ4v) is 3.23. The van der Waals surface area contributed by atoms with Crippen molar-refractivity contribution in [3.63, 3.8) is 0 Å². The Morgan fingerprint density at radius 3 is 2.68 bits per heavy atom. The van der Waals surface area contributed by atoms with Crippen LogP contribution in [0.4, 0.5) is 17.6 Å². The fraction of sp³-hybridized carbons (Fsp3) is 0.412. The van der Waals surface area contributed by atoms with E-state index in [-0.39, 0.29) is 24.6 Å². The van der Waals surface area contributed by atoms with E-state index in [4.69, 9.17) is 0 Å². The largest absolute Gasteiger partial charge is 0.419 e. The van der Waals surface area contributed by atoms with Gasteiger partial charge in [-0.15, -0.1) is 0 Å². The Hall–Kier alpha value is -2.06. The van der Waals surface area contributed by atoms with Gasteiger partial charge < -0.3 is 5.11 Å². The molecule has 0 amide bonds. The molecule has 2 aromatic rings. The second kappa shape index (κ2) is 7.05. The van der Waals surface area contributed by atoms with Crippen molar-refractivity contribution >= 4 is 0 Å². The van der Waals surface area contributed by atoms with Crippen molar-refractivity contribution < 1.29 is 22.7 Å². The molecule has 4 nitrogen and oxygen atoms in total. The van der Waals surface area contributed by atoms with Crippen LogP contribution in [-0.2, 0) is 19.1 Å². The second-order valence-corrected chi connectivity index (χ2v) is 6.19. The Labute approximate surface area is 142 Å². The smallest absolute Gasteiger partial charge is 0.391 e. The molecule has 0 bridgehead atoms. The minimum Gasteiger partial charge on any atom is -0.391 e. The van der Waals surface area contributed by atoms with Gasteiger partial charge in [0.25, 0.3) is 0 Å². The maximum Gasteiger partial charge on any atom is 0.419 e. The van der Waals surface area contributed by atoms with Crippen LogP contribution in [0.2, 0.25) is 0 Å². The molecule has 1 aromatic carbocycles. The third kappa shape index (κ3) is 4.13. The van der Waals surface area contributed by atoms with E-state index < -0.39 is 23.7 Å². The summed E-state index contributed by atoms with van der Waals surface area (Å²) in [6.07, 6.45) is -0.243. The number of aliphatic hydroxyl groups is 1. The molecular weight excluding hydrogens is 338 g/mol. The average Bonchev–Trinajstić information content (AvgIpc) is 2.86. The molecule has 1 N–H and O–H groups in total. The van der Waals surface area contributed by atoms with Gasteiger partial charge in [0.2, 0.25) is 0 Å². The van der Waals surface area contributed by atoms with Crippen LogP contribution in [-0.4, -0.2) is 39.2 Å². The molecule has 1 fully saturated rings. The number of rotatable bonds is 4. The van der Waals surface area contributed by atoms with Gasteiger partial charge in [0.15, 0.2) is 0 Å². The highest BCUT2D eigenvalue weighted by Gasteiger charge is 2.38. The Morgan fingerprint density at radius 1 is 1.20 bits per heavy atom. The van der Waals surface area contributed by atoms with E-state index in [0.29, 0.717) is 13.0 Å². The molecule has 0 spiro atoms. The number of halogens is 4. The van der Waals surface area contributed by atoms with Crippen molar-refractivity contribution in [1.29, 1.82) is 0 Å². The maximum atomic E-state index is 13.7. The average molecular weight is 355 g/mol. The Kier molecular flexibility index (Phi) is 5.01. The second-order valence-electron chi connectivity index (χ2n) is 6.19. The molecule has 25 heavy (non-hydrogen) atoms. The van der Waals surface area contributed by atoms with E-state index in [1.807, 2.05) is 0 Å². The fourth-order valence-electron chi connectivity index (χ4n) is 3.23. The van der Waals surface area contributed by atoms with Crippen molar-refractivity contribution in [1.82, 2.24) is 14.9 Å². The van der Waals surface area contributed by atoms with Gasteiger partial charge in [-0.05, 0) is 18.1 Å². The van der Waals surface area contributed by atoms with Gasteiger partial charge in [-0.25, -0.2) is 4.39 Å². The van der Waals surface area contributed by atoms with Crippen LogP contribution in [0.1, 0.15) is 16.8 Å². The summed E-state index contributed by atoms with van der Waals surface area (Å²) < 4.78 is 53.0. The zero-order valence-electron chi connectivity index (χ0n) is 13.2. The number of alkyl halides is 3. The summed E-state index contributed by atoms with van der Waals surface area (Å²) >= 11 is 0. The zero-order valence-corrected chi connectivity index (χ0v) is 13.2. The highest BCUT2D eigenvalue weighted by Crippen LogP contribution is 2.35. The standard InChI is InChI=1S/C17H17F4N3O/c18-14-3-1-2-11(16(14)17(19,20)21)8-24-9-12(15(25)10-24)6-13-7-22-4-5-23-13/h1-5,7,12,15,25H,6,8-10H2/t12-,15-/m1/s1. The van der Waals surface area contributed by atoms with Crippen molar-refractivity contribution in [2.24, 2.45) is 5.92 Å². The summed E-state index contributed by atoms with van der Waals surface area (Å²) in [5.74, 6) is -1.43. The van der Waals surface area contributed by atoms with Crippen LogP contribution in [0.25, 0.3) is 0 Å². The van der Waals surface area contributed by atoms with Crippen molar-refractivity contribution in [2.45, 2.75) is 25.2 Å². The summed E-state index contributed by atoms with van der Waals surface area (Å²) in [7, 11) is 0. The van der Waals surface area contributed by atoms with Gasteiger partial charge in [0.1, 0.15) is 5.82 Å². The molecule has 1 aliphatic rings. The lowest BCUT2D eigenvalue weighted by Gasteiger charge is -2.19. The summed E-state index contributed by atoms with van der Waals surface area (Å²) in [5.41, 5.74) is -0.642. The Balaban J connectivity index is 1.72. The van der Waals surface area contributed by atoms with Gasteiger partial charge in [0, 0.05) is 44.1 Å². The molecule has 134 valence electrons. The third-order valence-corrected chi connectivity index (χ3v) is 4.35. The normalized spacial score (nSPS) is 21.6. The molecule has 1 aromatic heterocycles. The first-order valence-corrected chi connectivity index (χ1v) is 7.84. The van der Waals surface area contributed by atoms with E-state index in [2.05, 4.69) is 9.97 Å². The molecule has 2 atom stereocenters. The topological polar surface area (TPSA) is 49.2 Å². The molecule has 1 saturated heterocycles. The molecule has 2 heterocycles. The molecule has 0 unspecified atom stereocenters. The summed E-state index contributed by atoms with van der Waals surface area (Å²) in [6.45, 7) is 0.574. The molecule has 0 saturated carbocycles. The highest BCUT2D eigenvalue weighted by molar-refractivity contribution is 5.31. The van der Waals surface area contributed by atoms with Crippen molar-refractivity contribution in [3.05, 3.63) is 59.4 Å². The van der Waals surface area contributed by atoms with Gasteiger partial charge in [-0.1, -0.05) is 12.1 Å². The lowest BCUT2D eigenvalue weighted by molar-refractivity contribution is -0.140. The van der Waals surface area contributed by atoms with Gasteiger partial charge >= 0.3 is 6.18 Å². The van der Waals surface area contributed by atoms with Crippen LogP contribution < -0.4 is 0 Å². The van der Waals surface area contributed by atoms with E-state index >= 15 is 0 Å². The number of β-amino-alcohol motifs (C(OH)–C–C–N with tert-alkyl or cyclic N) is 1. The monoisotopic (exact) mass is 355 g/mol. The molecule has 8 heteroatoms. The van der Waals surface area contributed by atoms with Crippen LogP contribution in [0.3, 0.4) is 0 Å². The number of nitrogens with zero attached hydrogens (tertiary/aromatic N) is 3. The van der Waals surface area contributed by atoms with E-state index in [1.165, 1.54) is 12.1 Å². The summed E-state index contributed by atoms with van der Waals surface area (Å²) in [5, 5.41) is 10.2. The number of aliphatic hydroxyl groups excluding tert-OH is 1. The number of aromatic nitrogens is 2. The van der Waals surface area contributed by atoms with E-state index in [1.54, 1.807) is 23.5 Å². The predicted octanol–water partition coefficient (Wildman–Crippen LogP) is 2.67. The predicted molar refractivity (Wildman–Crippen MR) is 81.9 cm³/mol. The Bertz CT molecular complexity index is 724. The molecule has 0 aliphatic carbocycles. The molecular formula is C17H17F4N3O. The van der Waals surface area contributed by atoms with Crippen LogP contribution in [0, 0.1) is 11.7 Å². The van der Waals surface area contributed by atoms with E-state index in [0.717, 1.165) is 11.8 Å². The minimum absolute atomic E-state index is 0.0688. The number of likely N-dealkylation sites (tertiary alicyclic amines) is 1. The first-order valence-electron chi connectivity index (χ1n) is 7.84. The summed E-state index contributed by atoms with van der Waals surface area (Å²) in [6, 6.07) is 3.35. The molecule has 0 radical (unpaired) electrons. The van der Waals surface area contributed by atoms with Crippen molar-refractivity contribution in [3.8, 4) is 0 Å². The third-order valence-electron chi connectivity index (χ3n) is 4.35. The van der Waals surface area contributed by atoms with Gasteiger partial charge in [-0.2, -0.15) is 13.2 Å². The number of benzene rings is 1. The maximum absolute atomic E-state index is 13.7. The minimum atomic E-state index is -4.75. The van der Waals surface area contributed by atoms with Gasteiger partial charge in [-0.3, -0.25) is 14.9 Å². The lowest BCUT2D eigenvalue weighted by atomic mass is 10.0. The zero-order chi connectivity index (χ0) is 18.0. The van der Waals surface area contributed by atoms with Crippen molar-refractivity contribution in [2.75, 3.05) is 13.1 Å².